The zero-order valence-electron chi connectivity index (χ0n) is 14.3. The molecule has 2 aliphatic heterocycles. The van der Waals surface area contributed by atoms with Crippen LogP contribution in [0.15, 0.2) is 28.7 Å². The van der Waals surface area contributed by atoms with Crippen LogP contribution in [-0.4, -0.2) is 23.2 Å². The molecule has 128 valence electrons. The van der Waals surface area contributed by atoms with Crippen LogP contribution < -0.4 is 4.90 Å². The van der Waals surface area contributed by atoms with Crippen LogP contribution in [0.3, 0.4) is 0 Å². The third-order valence-electron chi connectivity index (χ3n) is 5.11. The topological polar surface area (TPSA) is 58.7 Å². The normalized spacial score (nSPS) is 19.2. The molecule has 0 unspecified atom stereocenters. The molecule has 0 bridgehead atoms. The lowest BCUT2D eigenvalue weighted by atomic mass is 9.84. The Morgan fingerprint density at radius 1 is 1.25 bits per heavy atom. The largest absolute Gasteiger partial charge is 0.491 e. The number of fused-ring (bicyclic) bond motifs is 2. The molecule has 0 amide bonds. The van der Waals surface area contributed by atoms with E-state index in [9.17, 15) is 5.11 Å². The molecule has 1 saturated heterocycles. The van der Waals surface area contributed by atoms with Gasteiger partial charge in [0.15, 0.2) is 5.76 Å². The number of hydrogen-bond acceptors (Lipinski definition) is 5. The van der Waals surface area contributed by atoms with Crippen LogP contribution in [0.5, 0.6) is 5.88 Å². The molecule has 0 saturated carbocycles. The first-order valence-electron chi connectivity index (χ1n) is 8.73. The Morgan fingerprint density at radius 3 is 2.75 bits per heavy atom. The Labute approximate surface area is 142 Å². The first kappa shape index (κ1) is 15.5. The number of aromatic hydroxyl groups is 1. The molecule has 3 heterocycles. The fourth-order valence-electron chi connectivity index (χ4n) is 3.83. The van der Waals surface area contributed by atoms with Gasteiger partial charge in [0.2, 0.25) is 0 Å². The fourth-order valence-corrected chi connectivity index (χ4v) is 3.83. The molecule has 2 aliphatic rings. The smallest absolute Gasteiger partial charge is 0.300 e. The lowest BCUT2D eigenvalue weighted by Crippen LogP contribution is -2.42. The number of hydrogen-bond donors (Lipinski definition) is 1. The van der Waals surface area contributed by atoms with E-state index in [2.05, 4.69) is 48.0 Å². The number of rotatable bonds is 3. The number of anilines is 1. The minimum Gasteiger partial charge on any atom is -0.491 e. The standard InChI is InChI=1S/C19H24N2O3/c1-13(2)11-16-17(22)20-18(24-16)21-9-7-19(8-10-21)15-6-4-3-5-14(15)12-23-19/h3-6,13,22H,7-12H2,1-2H3. The van der Waals surface area contributed by atoms with E-state index < -0.39 is 0 Å². The van der Waals surface area contributed by atoms with Gasteiger partial charge in [-0.3, -0.25) is 0 Å². The van der Waals surface area contributed by atoms with Crippen LogP contribution in [0.4, 0.5) is 6.01 Å². The van der Waals surface area contributed by atoms with E-state index in [1.54, 1.807) is 0 Å². The first-order chi connectivity index (χ1) is 11.6. The van der Waals surface area contributed by atoms with Crippen LogP contribution in [0.2, 0.25) is 0 Å². The summed E-state index contributed by atoms with van der Waals surface area (Å²) in [4.78, 5) is 6.33. The average molecular weight is 328 g/mol. The summed E-state index contributed by atoms with van der Waals surface area (Å²) in [5.41, 5.74) is 2.47. The fraction of sp³-hybridized carbons (Fsp3) is 0.526. The third kappa shape index (κ3) is 2.57. The van der Waals surface area contributed by atoms with Gasteiger partial charge in [0.25, 0.3) is 5.88 Å². The van der Waals surface area contributed by atoms with Crippen LogP contribution >= 0.6 is 0 Å². The second-order valence-corrected chi connectivity index (χ2v) is 7.27. The number of aromatic nitrogens is 1. The summed E-state index contributed by atoms with van der Waals surface area (Å²) in [5.74, 6) is 1.04. The van der Waals surface area contributed by atoms with Crippen molar-refractivity contribution in [3.63, 3.8) is 0 Å². The third-order valence-corrected chi connectivity index (χ3v) is 5.11. The van der Waals surface area contributed by atoms with Crippen molar-refractivity contribution in [3.8, 4) is 5.88 Å². The number of oxazole rings is 1. The van der Waals surface area contributed by atoms with E-state index in [0.717, 1.165) is 25.9 Å². The van der Waals surface area contributed by atoms with Gasteiger partial charge in [0.1, 0.15) is 0 Å². The van der Waals surface area contributed by atoms with Crippen molar-refractivity contribution < 1.29 is 14.3 Å². The molecular weight excluding hydrogens is 304 g/mol. The summed E-state index contributed by atoms with van der Waals surface area (Å²) in [7, 11) is 0. The maximum absolute atomic E-state index is 9.99. The summed E-state index contributed by atoms with van der Waals surface area (Å²) in [5, 5.41) is 9.99. The molecule has 0 atom stereocenters. The lowest BCUT2D eigenvalue weighted by molar-refractivity contribution is -0.0555. The Balaban J connectivity index is 1.49. The van der Waals surface area contributed by atoms with Crippen molar-refractivity contribution >= 4 is 6.01 Å². The molecule has 24 heavy (non-hydrogen) atoms. The van der Waals surface area contributed by atoms with Crippen molar-refractivity contribution in [1.29, 1.82) is 0 Å². The molecule has 1 aromatic carbocycles. The number of nitrogens with zero attached hydrogens (tertiary/aromatic N) is 2. The molecule has 2 aromatic rings. The Bertz CT molecular complexity index is 730. The van der Waals surface area contributed by atoms with E-state index in [4.69, 9.17) is 9.15 Å². The molecule has 4 rings (SSSR count). The second-order valence-electron chi connectivity index (χ2n) is 7.27. The van der Waals surface area contributed by atoms with Gasteiger partial charge in [0.05, 0.1) is 12.2 Å². The van der Waals surface area contributed by atoms with Gasteiger partial charge in [-0.15, -0.1) is 0 Å². The number of ether oxygens (including phenoxy) is 1. The summed E-state index contributed by atoms with van der Waals surface area (Å²) in [6.07, 6.45) is 2.52. The zero-order valence-corrected chi connectivity index (χ0v) is 14.3. The highest BCUT2D eigenvalue weighted by atomic mass is 16.5. The van der Waals surface area contributed by atoms with E-state index in [1.165, 1.54) is 11.1 Å². The Morgan fingerprint density at radius 2 is 2.00 bits per heavy atom. The van der Waals surface area contributed by atoms with Gasteiger partial charge >= 0.3 is 6.01 Å². The van der Waals surface area contributed by atoms with Gasteiger partial charge in [-0.05, 0) is 29.9 Å². The van der Waals surface area contributed by atoms with Crippen LogP contribution in [0.1, 0.15) is 43.6 Å². The van der Waals surface area contributed by atoms with E-state index in [1.807, 2.05) is 0 Å². The highest BCUT2D eigenvalue weighted by Gasteiger charge is 2.43. The molecule has 1 fully saturated rings. The summed E-state index contributed by atoms with van der Waals surface area (Å²) < 4.78 is 12.0. The highest BCUT2D eigenvalue weighted by molar-refractivity contribution is 5.39. The summed E-state index contributed by atoms with van der Waals surface area (Å²) in [6.45, 7) is 6.53. The van der Waals surface area contributed by atoms with Gasteiger partial charge in [0, 0.05) is 19.5 Å². The van der Waals surface area contributed by atoms with Crippen LogP contribution in [0, 0.1) is 5.92 Å². The van der Waals surface area contributed by atoms with Crippen LogP contribution in [0.25, 0.3) is 0 Å². The van der Waals surface area contributed by atoms with Crippen molar-refractivity contribution in [2.24, 2.45) is 5.92 Å². The Hall–Kier alpha value is -2.01. The highest BCUT2D eigenvalue weighted by Crippen LogP contribution is 2.44. The van der Waals surface area contributed by atoms with E-state index in [-0.39, 0.29) is 11.5 Å². The summed E-state index contributed by atoms with van der Waals surface area (Å²) >= 11 is 0. The molecule has 0 radical (unpaired) electrons. The SMILES string of the molecule is CC(C)Cc1oc(N2CCC3(CC2)OCc2ccccc23)nc1O. The monoisotopic (exact) mass is 328 g/mol. The number of benzene rings is 1. The molecule has 1 aromatic heterocycles. The van der Waals surface area contributed by atoms with Crippen molar-refractivity contribution in [3.05, 3.63) is 41.2 Å². The molecule has 5 nitrogen and oxygen atoms in total. The average Bonchev–Trinajstić information content (AvgIpc) is 3.11. The van der Waals surface area contributed by atoms with Gasteiger partial charge < -0.3 is 19.2 Å². The van der Waals surface area contributed by atoms with Crippen LogP contribution in [-0.2, 0) is 23.4 Å². The molecule has 0 aliphatic carbocycles. The maximum Gasteiger partial charge on any atom is 0.300 e. The van der Waals surface area contributed by atoms with Crippen molar-refractivity contribution in [2.45, 2.75) is 45.3 Å². The molecule has 1 spiro atoms. The zero-order chi connectivity index (χ0) is 16.7. The Kier molecular flexibility index (Phi) is 3.76. The molecule has 1 N–H and O–H groups in total. The van der Waals surface area contributed by atoms with E-state index >= 15 is 0 Å². The second kappa shape index (κ2) is 5.81. The maximum atomic E-state index is 9.99. The minimum absolute atomic E-state index is 0.0291. The predicted octanol–water partition coefficient (Wildman–Crippen LogP) is 3.60. The van der Waals surface area contributed by atoms with E-state index in [0.29, 0.717) is 30.7 Å². The van der Waals surface area contributed by atoms with Crippen molar-refractivity contribution in [1.82, 2.24) is 4.98 Å². The molecule has 5 heteroatoms. The lowest BCUT2D eigenvalue weighted by Gasteiger charge is -2.38. The van der Waals surface area contributed by atoms with Gasteiger partial charge in [-0.25, -0.2) is 0 Å². The minimum atomic E-state index is -0.164. The molecular formula is C19H24N2O3. The quantitative estimate of drug-likeness (QED) is 0.933. The van der Waals surface area contributed by atoms with Crippen molar-refractivity contribution in [2.75, 3.05) is 18.0 Å². The van der Waals surface area contributed by atoms with Gasteiger partial charge in [-0.2, -0.15) is 4.98 Å². The summed E-state index contributed by atoms with van der Waals surface area (Å²) in [6, 6.07) is 9.04. The first-order valence-corrected chi connectivity index (χ1v) is 8.73. The number of piperidine rings is 1. The predicted molar refractivity (Wildman–Crippen MR) is 91.1 cm³/mol. The van der Waals surface area contributed by atoms with Gasteiger partial charge in [-0.1, -0.05) is 38.1 Å².